The quantitative estimate of drug-likeness (QED) is 0.874. The van der Waals surface area contributed by atoms with Gasteiger partial charge in [-0.1, -0.05) is 15.9 Å². The number of halogens is 4. The highest BCUT2D eigenvalue weighted by molar-refractivity contribution is 9.11. The Labute approximate surface area is 96.4 Å². The maximum atomic E-state index is 12.3. The van der Waals surface area contributed by atoms with Crippen LogP contribution in [-0.2, 0) is 0 Å². The van der Waals surface area contributed by atoms with Crippen LogP contribution in [0.3, 0.4) is 0 Å². The molecule has 3 N–H and O–H groups in total. The van der Waals surface area contributed by atoms with Crippen LogP contribution in [-0.4, -0.2) is 11.5 Å². The molecular formula is C8H7Br2F2NO. The number of hydrogen-bond acceptors (Lipinski definition) is 2. The molecule has 0 radical (unpaired) electrons. The molecular weight excluding hydrogens is 324 g/mol. The van der Waals surface area contributed by atoms with Gasteiger partial charge in [-0.3, -0.25) is 0 Å². The van der Waals surface area contributed by atoms with Crippen molar-refractivity contribution in [2.24, 2.45) is 5.73 Å². The minimum atomic E-state index is -2.71. The van der Waals surface area contributed by atoms with Crippen molar-refractivity contribution in [3.63, 3.8) is 0 Å². The number of nitrogens with two attached hydrogens (primary N) is 1. The number of aromatic hydroxyl groups is 1. The van der Waals surface area contributed by atoms with Crippen LogP contribution < -0.4 is 5.73 Å². The highest BCUT2D eigenvalue weighted by Crippen LogP contribution is 2.36. The van der Waals surface area contributed by atoms with Gasteiger partial charge in [0.25, 0.3) is 6.43 Å². The van der Waals surface area contributed by atoms with Crippen LogP contribution in [0, 0.1) is 0 Å². The summed E-state index contributed by atoms with van der Waals surface area (Å²) in [5.74, 6) is -0.249. The maximum Gasteiger partial charge on any atom is 0.257 e. The third-order valence-corrected chi connectivity index (χ3v) is 2.75. The number of phenols is 1. The first-order valence-electron chi connectivity index (χ1n) is 3.65. The van der Waals surface area contributed by atoms with E-state index in [4.69, 9.17) is 5.73 Å². The molecule has 0 fully saturated rings. The summed E-state index contributed by atoms with van der Waals surface area (Å²) in [7, 11) is 0. The third-order valence-electron chi connectivity index (χ3n) is 1.69. The Kier molecular flexibility index (Phi) is 3.86. The summed E-state index contributed by atoms with van der Waals surface area (Å²) in [6, 6.07) is 1.44. The van der Waals surface area contributed by atoms with Gasteiger partial charge in [0.1, 0.15) is 5.75 Å². The van der Waals surface area contributed by atoms with Crippen LogP contribution in [0.15, 0.2) is 21.1 Å². The Bertz CT molecular complexity index is 346. The molecule has 0 aliphatic heterocycles. The van der Waals surface area contributed by atoms with Gasteiger partial charge in [-0.15, -0.1) is 0 Å². The lowest BCUT2D eigenvalue weighted by atomic mass is 10.1. The van der Waals surface area contributed by atoms with E-state index in [1.54, 1.807) is 6.07 Å². The molecule has 0 aliphatic carbocycles. The minimum absolute atomic E-state index is 0.0150. The Hall–Kier alpha value is -0.200. The molecule has 0 unspecified atom stereocenters. The molecule has 0 heterocycles. The summed E-state index contributed by atoms with van der Waals surface area (Å²) in [5.41, 5.74) is 5.24. The van der Waals surface area contributed by atoms with E-state index >= 15 is 0 Å². The molecule has 0 saturated heterocycles. The van der Waals surface area contributed by atoms with Crippen molar-refractivity contribution >= 4 is 31.9 Å². The van der Waals surface area contributed by atoms with Crippen molar-refractivity contribution in [1.29, 1.82) is 0 Å². The fraction of sp³-hybridized carbons (Fsp3) is 0.250. The summed E-state index contributed by atoms with van der Waals surface area (Å²) >= 11 is 6.16. The molecule has 0 spiro atoms. The molecule has 1 aromatic carbocycles. The average molecular weight is 331 g/mol. The highest BCUT2D eigenvalue weighted by atomic mass is 79.9. The van der Waals surface area contributed by atoms with Crippen LogP contribution in [0.1, 0.15) is 11.6 Å². The second kappa shape index (κ2) is 4.55. The summed E-state index contributed by atoms with van der Waals surface area (Å²) < 4.78 is 25.5. The lowest BCUT2D eigenvalue weighted by Gasteiger charge is -2.13. The molecule has 0 amide bonds. The Morgan fingerprint density at radius 3 is 2.36 bits per heavy atom. The van der Waals surface area contributed by atoms with Crippen LogP contribution in [0.4, 0.5) is 8.78 Å². The normalized spacial score (nSPS) is 13.3. The first-order valence-corrected chi connectivity index (χ1v) is 5.23. The van der Waals surface area contributed by atoms with Crippen molar-refractivity contribution in [3.05, 3.63) is 26.6 Å². The standard InChI is InChI=1S/C8H7Br2F2NO/c9-3-1-4(6(13)8(11)12)7(14)5(10)2-3/h1-2,6,8,14H,13H2/t6-/m1/s1. The van der Waals surface area contributed by atoms with Crippen LogP contribution >= 0.6 is 31.9 Å². The van der Waals surface area contributed by atoms with Gasteiger partial charge in [0.05, 0.1) is 10.5 Å². The maximum absolute atomic E-state index is 12.3. The Morgan fingerprint density at radius 1 is 1.29 bits per heavy atom. The first kappa shape index (κ1) is 11.9. The van der Waals surface area contributed by atoms with Gasteiger partial charge >= 0.3 is 0 Å². The first-order chi connectivity index (χ1) is 6.43. The zero-order valence-electron chi connectivity index (χ0n) is 6.85. The van der Waals surface area contributed by atoms with Crippen LogP contribution in [0.2, 0.25) is 0 Å². The van der Waals surface area contributed by atoms with E-state index in [1.807, 2.05) is 0 Å². The molecule has 1 rings (SSSR count). The van der Waals surface area contributed by atoms with E-state index in [-0.39, 0.29) is 11.3 Å². The van der Waals surface area contributed by atoms with Crippen molar-refractivity contribution in [1.82, 2.24) is 0 Å². The number of benzene rings is 1. The van der Waals surface area contributed by atoms with Crippen molar-refractivity contribution in [3.8, 4) is 5.75 Å². The third kappa shape index (κ3) is 2.43. The molecule has 14 heavy (non-hydrogen) atoms. The lowest BCUT2D eigenvalue weighted by Crippen LogP contribution is -2.19. The molecule has 1 atom stereocenters. The predicted molar refractivity (Wildman–Crippen MR) is 56.4 cm³/mol. The van der Waals surface area contributed by atoms with E-state index in [1.165, 1.54) is 6.07 Å². The monoisotopic (exact) mass is 329 g/mol. The predicted octanol–water partition coefficient (Wildman–Crippen LogP) is 3.18. The van der Waals surface area contributed by atoms with Gasteiger partial charge in [-0.25, -0.2) is 8.78 Å². The summed E-state index contributed by atoms with van der Waals surface area (Å²) in [5, 5.41) is 9.46. The van der Waals surface area contributed by atoms with Gasteiger partial charge in [0, 0.05) is 10.0 Å². The van der Waals surface area contributed by atoms with Gasteiger partial charge in [-0.2, -0.15) is 0 Å². The summed E-state index contributed by atoms with van der Waals surface area (Å²) in [6.07, 6.45) is -2.71. The second-order valence-electron chi connectivity index (χ2n) is 2.69. The van der Waals surface area contributed by atoms with Crippen LogP contribution in [0.25, 0.3) is 0 Å². The zero-order chi connectivity index (χ0) is 10.9. The average Bonchev–Trinajstić information content (AvgIpc) is 2.09. The van der Waals surface area contributed by atoms with E-state index in [0.29, 0.717) is 8.95 Å². The fourth-order valence-corrected chi connectivity index (χ4v) is 2.23. The highest BCUT2D eigenvalue weighted by Gasteiger charge is 2.22. The molecule has 0 saturated carbocycles. The van der Waals surface area contributed by atoms with Crippen molar-refractivity contribution in [2.75, 3.05) is 0 Å². The second-order valence-corrected chi connectivity index (χ2v) is 4.46. The Morgan fingerprint density at radius 2 is 1.86 bits per heavy atom. The number of rotatable bonds is 2. The number of phenolic OH excluding ortho intramolecular Hbond substituents is 1. The minimum Gasteiger partial charge on any atom is -0.506 e. The number of hydrogen-bond donors (Lipinski definition) is 2. The Balaban J connectivity index is 3.20. The largest absolute Gasteiger partial charge is 0.506 e. The molecule has 78 valence electrons. The van der Waals surface area contributed by atoms with Gasteiger partial charge < -0.3 is 10.8 Å². The van der Waals surface area contributed by atoms with Gasteiger partial charge in [0.2, 0.25) is 0 Å². The smallest absolute Gasteiger partial charge is 0.257 e. The summed E-state index contributed by atoms with van der Waals surface area (Å²) in [6.45, 7) is 0. The van der Waals surface area contributed by atoms with Gasteiger partial charge in [-0.05, 0) is 28.1 Å². The molecule has 0 aliphatic rings. The fourth-order valence-electron chi connectivity index (χ4n) is 0.976. The summed E-state index contributed by atoms with van der Waals surface area (Å²) in [4.78, 5) is 0. The SMILES string of the molecule is N[C@H](c1cc(Br)cc(Br)c1O)C(F)F. The van der Waals surface area contributed by atoms with Gasteiger partial charge in [0.15, 0.2) is 0 Å². The zero-order valence-corrected chi connectivity index (χ0v) is 10.0. The molecule has 6 heteroatoms. The van der Waals surface area contributed by atoms with Crippen LogP contribution in [0.5, 0.6) is 5.75 Å². The van der Waals surface area contributed by atoms with E-state index in [0.717, 1.165) is 0 Å². The topological polar surface area (TPSA) is 46.2 Å². The van der Waals surface area contributed by atoms with E-state index in [9.17, 15) is 13.9 Å². The molecule has 2 nitrogen and oxygen atoms in total. The molecule has 0 aromatic heterocycles. The van der Waals surface area contributed by atoms with Crippen molar-refractivity contribution in [2.45, 2.75) is 12.5 Å². The number of alkyl halides is 2. The van der Waals surface area contributed by atoms with E-state index in [2.05, 4.69) is 31.9 Å². The molecule has 0 bridgehead atoms. The van der Waals surface area contributed by atoms with E-state index < -0.39 is 12.5 Å². The molecule has 1 aromatic rings. The lowest BCUT2D eigenvalue weighted by molar-refractivity contribution is 0.115. The van der Waals surface area contributed by atoms with Crippen molar-refractivity contribution < 1.29 is 13.9 Å².